The first-order valence-corrected chi connectivity index (χ1v) is 6.26. The van der Waals surface area contributed by atoms with Crippen LogP contribution in [0.2, 0.25) is 0 Å². The van der Waals surface area contributed by atoms with Crippen molar-refractivity contribution in [3.63, 3.8) is 0 Å². The third kappa shape index (κ3) is 2.85. The fourth-order valence-electron chi connectivity index (χ4n) is 2.13. The summed E-state index contributed by atoms with van der Waals surface area (Å²) in [6.07, 6.45) is 1.85. The van der Waals surface area contributed by atoms with Crippen molar-refractivity contribution in [1.82, 2.24) is 20.8 Å². The van der Waals surface area contributed by atoms with Crippen LogP contribution in [0.15, 0.2) is 6.07 Å². The number of nitrogens with one attached hydrogen (secondary N) is 3. The summed E-state index contributed by atoms with van der Waals surface area (Å²) in [4.78, 5) is 12.0. The third-order valence-electron chi connectivity index (χ3n) is 3.35. The molecule has 1 aliphatic rings. The molecule has 1 amide bonds. The zero-order valence-electron chi connectivity index (χ0n) is 10.4. The first kappa shape index (κ1) is 12.1. The van der Waals surface area contributed by atoms with Crippen LogP contribution in [-0.2, 0) is 6.42 Å². The molecular formula is C12H20N4O. The molecule has 0 aliphatic carbocycles. The van der Waals surface area contributed by atoms with Crippen molar-refractivity contribution < 1.29 is 4.79 Å². The van der Waals surface area contributed by atoms with Crippen LogP contribution in [0.3, 0.4) is 0 Å². The highest BCUT2D eigenvalue weighted by molar-refractivity contribution is 5.92. The molecule has 1 aromatic rings. The van der Waals surface area contributed by atoms with Crippen LogP contribution in [-0.4, -0.2) is 35.2 Å². The van der Waals surface area contributed by atoms with Gasteiger partial charge in [0.25, 0.3) is 5.91 Å². The fraction of sp³-hybridized carbons (Fsp3) is 0.667. The standard InChI is InChI=1S/C12H20N4O/c1-3-9-6-11(16-15-9)12(17)14-10-4-5-13-7-8(10)2/h6,8,10,13H,3-5,7H2,1-2H3,(H,14,17)(H,15,16). The molecule has 1 aliphatic heterocycles. The van der Waals surface area contributed by atoms with Gasteiger partial charge in [0.2, 0.25) is 0 Å². The van der Waals surface area contributed by atoms with Crippen LogP contribution in [0.1, 0.15) is 36.5 Å². The average molecular weight is 236 g/mol. The number of piperidine rings is 1. The Morgan fingerprint density at radius 3 is 3.12 bits per heavy atom. The largest absolute Gasteiger partial charge is 0.348 e. The van der Waals surface area contributed by atoms with Gasteiger partial charge in [-0.1, -0.05) is 13.8 Å². The van der Waals surface area contributed by atoms with E-state index >= 15 is 0 Å². The minimum absolute atomic E-state index is 0.0697. The highest BCUT2D eigenvalue weighted by atomic mass is 16.2. The zero-order valence-corrected chi connectivity index (χ0v) is 10.4. The van der Waals surface area contributed by atoms with E-state index in [4.69, 9.17) is 0 Å². The van der Waals surface area contributed by atoms with E-state index in [2.05, 4.69) is 27.8 Å². The minimum Gasteiger partial charge on any atom is -0.348 e. The molecule has 2 heterocycles. The maximum atomic E-state index is 12.0. The molecule has 5 heteroatoms. The normalized spacial score (nSPS) is 24.6. The number of hydrogen-bond donors (Lipinski definition) is 3. The number of aromatic amines is 1. The van der Waals surface area contributed by atoms with Crippen LogP contribution in [0.4, 0.5) is 0 Å². The van der Waals surface area contributed by atoms with Gasteiger partial charge in [-0.25, -0.2) is 0 Å². The number of aryl methyl sites for hydroxylation is 1. The third-order valence-corrected chi connectivity index (χ3v) is 3.35. The molecule has 0 bridgehead atoms. The molecule has 5 nitrogen and oxygen atoms in total. The Labute approximate surface area is 101 Å². The smallest absolute Gasteiger partial charge is 0.272 e. The summed E-state index contributed by atoms with van der Waals surface area (Å²) in [5.74, 6) is 0.400. The SMILES string of the molecule is CCc1cc(C(=O)NC2CCNCC2C)n[nH]1. The van der Waals surface area contributed by atoms with Crippen LogP contribution in [0.5, 0.6) is 0 Å². The van der Waals surface area contributed by atoms with Crippen molar-refractivity contribution in [3.05, 3.63) is 17.5 Å². The number of H-pyrrole nitrogens is 1. The van der Waals surface area contributed by atoms with Crippen molar-refractivity contribution >= 4 is 5.91 Å². The van der Waals surface area contributed by atoms with E-state index in [0.717, 1.165) is 31.6 Å². The van der Waals surface area contributed by atoms with Gasteiger partial charge in [0.1, 0.15) is 5.69 Å². The molecule has 0 saturated carbocycles. The minimum atomic E-state index is -0.0697. The lowest BCUT2D eigenvalue weighted by Crippen LogP contribution is -2.48. The quantitative estimate of drug-likeness (QED) is 0.723. The molecular weight excluding hydrogens is 216 g/mol. The molecule has 2 rings (SSSR count). The molecule has 3 N–H and O–H groups in total. The lowest BCUT2D eigenvalue weighted by molar-refractivity contribution is 0.0909. The van der Waals surface area contributed by atoms with E-state index in [-0.39, 0.29) is 11.9 Å². The summed E-state index contributed by atoms with van der Waals surface area (Å²) in [6, 6.07) is 2.08. The van der Waals surface area contributed by atoms with Crippen LogP contribution in [0, 0.1) is 5.92 Å². The van der Waals surface area contributed by atoms with Gasteiger partial charge in [0, 0.05) is 11.7 Å². The Bertz CT molecular complexity index is 388. The summed E-state index contributed by atoms with van der Waals surface area (Å²) >= 11 is 0. The Kier molecular flexibility index (Phi) is 3.78. The highest BCUT2D eigenvalue weighted by Gasteiger charge is 2.23. The van der Waals surface area contributed by atoms with E-state index in [0.29, 0.717) is 11.6 Å². The second kappa shape index (κ2) is 5.31. The molecule has 2 unspecified atom stereocenters. The molecule has 0 aromatic carbocycles. The summed E-state index contributed by atoms with van der Waals surface area (Å²) < 4.78 is 0. The Balaban J connectivity index is 1.96. The van der Waals surface area contributed by atoms with E-state index in [1.165, 1.54) is 0 Å². The number of rotatable bonds is 3. The first-order chi connectivity index (χ1) is 8.20. The first-order valence-electron chi connectivity index (χ1n) is 6.26. The monoisotopic (exact) mass is 236 g/mol. The van der Waals surface area contributed by atoms with Gasteiger partial charge in [0.05, 0.1) is 0 Å². The predicted molar refractivity (Wildman–Crippen MR) is 65.9 cm³/mol. The van der Waals surface area contributed by atoms with Gasteiger partial charge in [0.15, 0.2) is 0 Å². The van der Waals surface area contributed by atoms with Gasteiger partial charge >= 0.3 is 0 Å². The molecule has 17 heavy (non-hydrogen) atoms. The van der Waals surface area contributed by atoms with Crippen LogP contribution < -0.4 is 10.6 Å². The average Bonchev–Trinajstić information content (AvgIpc) is 2.81. The lowest BCUT2D eigenvalue weighted by Gasteiger charge is -2.29. The number of amides is 1. The summed E-state index contributed by atoms with van der Waals surface area (Å²) in [7, 11) is 0. The van der Waals surface area contributed by atoms with Gasteiger partial charge in [-0.3, -0.25) is 9.89 Å². The Hall–Kier alpha value is -1.36. The van der Waals surface area contributed by atoms with Crippen molar-refractivity contribution in [3.8, 4) is 0 Å². The maximum Gasteiger partial charge on any atom is 0.272 e. The summed E-state index contributed by atoms with van der Waals surface area (Å²) in [5.41, 5.74) is 1.49. The number of carbonyl (C=O) groups is 1. The van der Waals surface area contributed by atoms with Crippen molar-refractivity contribution in [2.75, 3.05) is 13.1 Å². The number of carbonyl (C=O) groups excluding carboxylic acids is 1. The fourth-order valence-corrected chi connectivity index (χ4v) is 2.13. The Morgan fingerprint density at radius 1 is 1.65 bits per heavy atom. The second-order valence-corrected chi connectivity index (χ2v) is 4.68. The topological polar surface area (TPSA) is 69.8 Å². The van der Waals surface area contributed by atoms with E-state index in [1.807, 2.05) is 13.0 Å². The maximum absolute atomic E-state index is 12.0. The van der Waals surface area contributed by atoms with Gasteiger partial charge in [-0.2, -0.15) is 5.10 Å². The second-order valence-electron chi connectivity index (χ2n) is 4.68. The molecule has 1 aromatic heterocycles. The van der Waals surface area contributed by atoms with Crippen molar-refractivity contribution in [2.45, 2.75) is 32.7 Å². The van der Waals surface area contributed by atoms with Crippen molar-refractivity contribution in [1.29, 1.82) is 0 Å². The van der Waals surface area contributed by atoms with Crippen molar-refractivity contribution in [2.24, 2.45) is 5.92 Å². The van der Waals surface area contributed by atoms with E-state index in [9.17, 15) is 4.79 Å². The van der Waals surface area contributed by atoms with Crippen LogP contribution in [0.25, 0.3) is 0 Å². The van der Waals surface area contributed by atoms with Crippen LogP contribution >= 0.6 is 0 Å². The highest BCUT2D eigenvalue weighted by Crippen LogP contribution is 2.11. The molecule has 94 valence electrons. The van der Waals surface area contributed by atoms with Gasteiger partial charge < -0.3 is 10.6 Å². The zero-order chi connectivity index (χ0) is 12.3. The summed E-state index contributed by atoms with van der Waals surface area (Å²) in [5, 5.41) is 13.3. The number of hydrogen-bond acceptors (Lipinski definition) is 3. The molecule has 0 spiro atoms. The lowest BCUT2D eigenvalue weighted by atomic mass is 9.95. The van der Waals surface area contributed by atoms with E-state index in [1.54, 1.807) is 0 Å². The molecule has 1 saturated heterocycles. The number of nitrogens with zero attached hydrogens (tertiary/aromatic N) is 1. The Morgan fingerprint density at radius 2 is 2.47 bits per heavy atom. The predicted octanol–water partition coefficient (Wildman–Crippen LogP) is 0.700. The number of aromatic nitrogens is 2. The van der Waals surface area contributed by atoms with Gasteiger partial charge in [-0.05, 0) is 37.9 Å². The van der Waals surface area contributed by atoms with E-state index < -0.39 is 0 Å². The van der Waals surface area contributed by atoms with Gasteiger partial charge in [-0.15, -0.1) is 0 Å². The molecule has 2 atom stereocenters. The molecule has 1 fully saturated rings. The molecule has 0 radical (unpaired) electrons. The summed E-state index contributed by atoms with van der Waals surface area (Å²) in [6.45, 7) is 6.12.